The average Bonchev–Trinajstić information content (AvgIpc) is 2.97. The molecule has 0 unspecified atom stereocenters. The molecule has 0 aliphatic carbocycles. The largest absolute Gasteiger partial charge is 0.274 e. The van der Waals surface area contributed by atoms with Gasteiger partial charge >= 0.3 is 0 Å². The van der Waals surface area contributed by atoms with E-state index in [1.165, 1.54) is 21.4 Å². The van der Waals surface area contributed by atoms with Crippen LogP contribution in [0, 0.1) is 6.92 Å². The summed E-state index contributed by atoms with van der Waals surface area (Å²) in [6.45, 7) is 5.00. The summed E-state index contributed by atoms with van der Waals surface area (Å²) in [6.07, 6.45) is 4.57. The summed E-state index contributed by atoms with van der Waals surface area (Å²) >= 11 is 0. The molecule has 0 aliphatic heterocycles. The molecule has 2 aromatic rings. The first-order chi connectivity index (χ1) is 9.36. The molecule has 8 heteroatoms. The van der Waals surface area contributed by atoms with Gasteiger partial charge in [-0.15, -0.1) is 0 Å². The maximum absolute atomic E-state index is 12.4. The molecular formula is C12H19N5O2S. The third-order valence-electron chi connectivity index (χ3n) is 3.29. The van der Waals surface area contributed by atoms with Gasteiger partial charge in [0.05, 0.1) is 12.4 Å². The van der Waals surface area contributed by atoms with Crippen LogP contribution in [-0.4, -0.2) is 39.3 Å². The maximum atomic E-state index is 12.4. The monoisotopic (exact) mass is 297 g/mol. The topological polar surface area (TPSA) is 73.0 Å². The number of sulfonamides is 1. The second kappa shape index (κ2) is 5.37. The van der Waals surface area contributed by atoms with Gasteiger partial charge in [-0.2, -0.15) is 14.5 Å². The predicted molar refractivity (Wildman–Crippen MR) is 74.5 cm³/mol. The molecule has 0 aliphatic rings. The summed E-state index contributed by atoms with van der Waals surface area (Å²) < 4.78 is 29.4. The lowest BCUT2D eigenvalue weighted by molar-refractivity contribution is 0.465. The van der Waals surface area contributed by atoms with Crippen molar-refractivity contribution < 1.29 is 8.42 Å². The molecule has 0 radical (unpaired) electrons. The molecule has 110 valence electrons. The Morgan fingerprint density at radius 1 is 1.30 bits per heavy atom. The molecule has 0 spiro atoms. The Labute approximate surface area is 118 Å². The Bertz CT molecular complexity index is 701. The van der Waals surface area contributed by atoms with Crippen molar-refractivity contribution in [2.24, 2.45) is 7.05 Å². The fourth-order valence-electron chi connectivity index (χ4n) is 2.00. The van der Waals surface area contributed by atoms with Crippen molar-refractivity contribution in [1.29, 1.82) is 0 Å². The lowest BCUT2D eigenvalue weighted by Crippen LogP contribution is -2.26. The molecule has 0 atom stereocenters. The van der Waals surface area contributed by atoms with Gasteiger partial charge in [0.25, 0.3) is 0 Å². The van der Waals surface area contributed by atoms with Crippen molar-refractivity contribution in [1.82, 2.24) is 23.9 Å². The van der Waals surface area contributed by atoms with Crippen molar-refractivity contribution >= 4 is 10.0 Å². The van der Waals surface area contributed by atoms with Crippen LogP contribution in [0.2, 0.25) is 0 Å². The van der Waals surface area contributed by atoms with Crippen LogP contribution in [0.3, 0.4) is 0 Å². The van der Waals surface area contributed by atoms with Crippen molar-refractivity contribution in [2.75, 3.05) is 7.05 Å². The van der Waals surface area contributed by atoms with E-state index in [0.29, 0.717) is 6.54 Å². The summed E-state index contributed by atoms with van der Waals surface area (Å²) in [5.74, 6) is 0. The zero-order valence-electron chi connectivity index (χ0n) is 12.1. The highest BCUT2D eigenvalue weighted by Gasteiger charge is 2.23. The summed E-state index contributed by atoms with van der Waals surface area (Å²) in [4.78, 5) is 0.197. The van der Waals surface area contributed by atoms with Crippen LogP contribution < -0.4 is 0 Å². The molecule has 0 saturated carbocycles. The molecule has 2 aromatic heterocycles. The normalized spacial score (nSPS) is 12.2. The third-order valence-corrected chi connectivity index (χ3v) is 5.04. The number of hydrogen-bond acceptors (Lipinski definition) is 4. The van der Waals surface area contributed by atoms with E-state index in [1.54, 1.807) is 20.3 Å². The van der Waals surface area contributed by atoms with Crippen LogP contribution >= 0.6 is 0 Å². The quantitative estimate of drug-likeness (QED) is 0.817. The van der Waals surface area contributed by atoms with Gasteiger partial charge in [0, 0.05) is 44.6 Å². The van der Waals surface area contributed by atoms with Crippen molar-refractivity contribution in [2.45, 2.75) is 31.8 Å². The Balaban J connectivity index is 2.23. The first-order valence-electron chi connectivity index (χ1n) is 6.32. The van der Waals surface area contributed by atoms with Crippen LogP contribution in [0.1, 0.15) is 18.2 Å². The minimum Gasteiger partial charge on any atom is -0.274 e. The fraction of sp³-hybridized carbons (Fsp3) is 0.500. The zero-order valence-corrected chi connectivity index (χ0v) is 12.9. The van der Waals surface area contributed by atoms with Gasteiger partial charge in [-0.3, -0.25) is 9.36 Å². The molecule has 20 heavy (non-hydrogen) atoms. The van der Waals surface area contributed by atoms with E-state index in [1.807, 2.05) is 18.5 Å². The minimum atomic E-state index is -3.52. The highest BCUT2D eigenvalue weighted by Crippen LogP contribution is 2.17. The molecule has 2 rings (SSSR count). The van der Waals surface area contributed by atoms with E-state index in [0.717, 1.165) is 17.8 Å². The smallest absolute Gasteiger partial charge is 0.246 e. The maximum Gasteiger partial charge on any atom is 0.246 e. The van der Waals surface area contributed by atoms with Gasteiger partial charge in [-0.05, 0) is 13.8 Å². The number of aryl methyl sites for hydroxylation is 2. The molecule has 0 bridgehead atoms. The van der Waals surface area contributed by atoms with Gasteiger partial charge in [-0.25, -0.2) is 8.42 Å². The molecule has 0 N–H and O–H groups in total. The van der Waals surface area contributed by atoms with Gasteiger partial charge in [0.15, 0.2) is 0 Å². The molecule has 2 heterocycles. The van der Waals surface area contributed by atoms with Gasteiger partial charge in [-0.1, -0.05) is 0 Å². The van der Waals surface area contributed by atoms with Crippen molar-refractivity contribution in [3.8, 4) is 0 Å². The summed E-state index contributed by atoms with van der Waals surface area (Å²) in [7, 11) is -0.268. The van der Waals surface area contributed by atoms with E-state index in [4.69, 9.17) is 0 Å². The lowest BCUT2D eigenvalue weighted by atomic mass is 10.2. The van der Waals surface area contributed by atoms with E-state index >= 15 is 0 Å². The average molecular weight is 297 g/mol. The number of aromatic nitrogens is 4. The summed E-state index contributed by atoms with van der Waals surface area (Å²) in [6, 6.07) is 0. The van der Waals surface area contributed by atoms with Crippen molar-refractivity contribution in [3.05, 3.63) is 29.8 Å². The van der Waals surface area contributed by atoms with Crippen LogP contribution in [0.25, 0.3) is 0 Å². The Morgan fingerprint density at radius 2 is 2.00 bits per heavy atom. The predicted octanol–water partition coefficient (Wildman–Crippen LogP) is 0.766. The second-order valence-electron chi connectivity index (χ2n) is 4.68. The summed E-state index contributed by atoms with van der Waals surface area (Å²) in [5, 5.41) is 8.13. The van der Waals surface area contributed by atoms with E-state index in [-0.39, 0.29) is 4.90 Å². The van der Waals surface area contributed by atoms with E-state index < -0.39 is 10.0 Å². The molecule has 0 fully saturated rings. The second-order valence-corrected chi connectivity index (χ2v) is 6.73. The SMILES string of the molecule is CCn1ncc(CN(C)S(=O)(=O)c2cnn(C)c2)c1C. The minimum absolute atomic E-state index is 0.197. The van der Waals surface area contributed by atoms with Crippen LogP contribution in [0.4, 0.5) is 0 Å². The highest BCUT2D eigenvalue weighted by molar-refractivity contribution is 7.89. The Kier molecular flexibility index (Phi) is 3.96. The molecule has 0 aromatic carbocycles. The van der Waals surface area contributed by atoms with Crippen LogP contribution in [-0.2, 0) is 30.2 Å². The molecular weight excluding hydrogens is 278 g/mol. The highest BCUT2D eigenvalue weighted by atomic mass is 32.2. The Hall–Kier alpha value is -1.67. The van der Waals surface area contributed by atoms with Gasteiger partial charge in [0.1, 0.15) is 4.90 Å². The number of nitrogens with zero attached hydrogens (tertiary/aromatic N) is 5. The van der Waals surface area contributed by atoms with E-state index in [2.05, 4.69) is 10.2 Å². The van der Waals surface area contributed by atoms with Crippen molar-refractivity contribution in [3.63, 3.8) is 0 Å². The molecule has 0 amide bonds. The summed E-state index contributed by atoms with van der Waals surface area (Å²) in [5.41, 5.74) is 1.89. The van der Waals surface area contributed by atoms with Crippen LogP contribution in [0.5, 0.6) is 0 Å². The number of hydrogen-bond donors (Lipinski definition) is 0. The van der Waals surface area contributed by atoms with Gasteiger partial charge < -0.3 is 0 Å². The Morgan fingerprint density at radius 3 is 2.50 bits per heavy atom. The zero-order chi connectivity index (χ0) is 14.9. The molecule has 0 saturated heterocycles. The first kappa shape index (κ1) is 14.7. The van der Waals surface area contributed by atoms with Crippen LogP contribution in [0.15, 0.2) is 23.5 Å². The third kappa shape index (κ3) is 2.61. The molecule has 7 nitrogen and oxygen atoms in total. The van der Waals surface area contributed by atoms with E-state index in [9.17, 15) is 8.42 Å². The fourth-order valence-corrected chi connectivity index (χ4v) is 3.13. The number of rotatable bonds is 5. The first-order valence-corrected chi connectivity index (χ1v) is 7.76. The lowest BCUT2D eigenvalue weighted by Gasteiger charge is -2.15. The standard InChI is InChI=1S/C12H19N5O2S/c1-5-17-10(2)11(6-14-17)8-16(4)20(18,19)12-7-13-15(3)9-12/h6-7,9H,5,8H2,1-4H3. The van der Waals surface area contributed by atoms with Gasteiger partial charge in [0.2, 0.25) is 10.0 Å².